The molecule has 0 amide bonds. The summed E-state index contributed by atoms with van der Waals surface area (Å²) >= 11 is 0. The number of nitrogens with zero attached hydrogens (tertiary/aromatic N) is 1. The van der Waals surface area contributed by atoms with E-state index in [1.54, 1.807) is 0 Å². The maximum absolute atomic E-state index is 12.1. The Kier molecular flexibility index (Phi) is 5.46. The molecule has 0 atom stereocenters. The van der Waals surface area contributed by atoms with E-state index < -0.39 is 12.2 Å². The topological polar surface area (TPSA) is 22.1 Å². The van der Waals surface area contributed by atoms with E-state index in [2.05, 4.69) is 52.8 Å². The third-order valence-corrected chi connectivity index (χ3v) is 3.89. The molecule has 3 aromatic rings. The number of ether oxygens (including phenoxy) is 1. The quantitative estimate of drug-likeness (QED) is 0.562. The second-order valence-corrected chi connectivity index (χ2v) is 5.81. The average Bonchev–Trinajstić information content (AvgIpc) is 2.67. The zero-order valence-electron chi connectivity index (χ0n) is 14.5. The molecule has 0 unspecified atom stereocenters. The minimum absolute atomic E-state index is 0.503. The molecule has 0 saturated carbocycles. The van der Waals surface area contributed by atoms with Crippen LogP contribution in [0.15, 0.2) is 66.9 Å². The van der Waals surface area contributed by atoms with Gasteiger partial charge in [-0.2, -0.15) is 0 Å². The number of aromatic nitrogens is 1. The van der Waals surface area contributed by atoms with Gasteiger partial charge in [-0.25, -0.2) is 4.98 Å². The smallest absolute Gasteiger partial charge is 0.388 e. The number of hydrogen-bond donors (Lipinski definition) is 0. The normalized spacial score (nSPS) is 10.8. The van der Waals surface area contributed by atoms with Crippen LogP contribution >= 0.6 is 0 Å². The maximum Gasteiger partial charge on any atom is 0.574 e. The summed E-state index contributed by atoms with van der Waals surface area (Å²) in [6, 6.07) is 18.8. The van der Waals surface area contributed by atoms with Crippen molar-refractivity contribution in [2.75, 3.05) is 0 Å². The third kappa shape index (κ3) is 5.35. The molecule has 1 heterocycles. The van der Waals surface area contributed by atoms with E-state index in [1.807, 2.05) is 24.3 Å². The molecule has 0 N–H and O–H groups in total. The van der Waals surface area contributed by atoms with Crippen LogP contribution in [-0.2, 0) is 6.42 Å². The summed E-state index contributed by atoms with van der Waals surface area (Å²) in [5, 5.41) is 0. The van der Waals surface area contributed by atoms with Gasteiger partial charge < -0.3 is 4.74 Å². The number of alkyl halides is 3. The molecule has 0 aliphatic carbocycles. The highest BCUT2D eigenvalue weighted by Gasteiger charge is 2.31. The molecule has 27 heavy (non-hydrogen) atoms. The Morgan fingerprint density at radius 1 is 0.815 bits per heavy atom. The van der Waals surface area contributed by atoms with Gasteiger partial charge in [0.25, 0.3) is 0 Å². The zero-order valence-corrected chi connectivity index (χ0v) is 14.5. The minimum Gasteiger partial charge on any atom is -0.388 e. The number of rotatable bonds is 3. The van der Waals surface area contributed by atoms with Crippen LogP contribution < -0.4 is 4.74 Å². The second kappa shape index (κ2) is 7.96. The van der Waals surface area contributed by atoms with Crippen molar-refractivity contribution in [1.82, 2.24) is 4.98 Å². The van der Waals surface area contributed by atoms with Crippen LogP contribution in [-0.4, -0.2) is 11.3 Å². The summed E-state index contributed by atoms with van der Waals surface area (Å²) < 4.78 is 40.1. The minimum atomic E-state index is -4.75. The van der Waals surface area contributed by atoms with Gasteiger partial charge in [0.1, 0.15) is 0 Å². The summed E-state index contributed by atoms with van der Waals surface area (Å²) in [6.45, 7) is 2.12. The van der Waals surface area contributed by atoms with E-state index in [1.165, 1.54) is 17.8 Å². The standard InChI is InChI=1S/C22H16F3NO/c1-2-16-5-10-19(11-6-16)20-12-7-17(8-13-20)3-4-18-9-14-21(26-15-18)27-22(23,24)25/h5-15H,2H2,1H3. The van der Waals surface area contributed by atoms with Gasteiger partial charge in [0.2, 0.25) is 5.88 Å². The highest BCUT2D eigenvalue weighted by atomic mass is 19.4. The fourth-order valence-electron chi connectivity index (χ4n) is 2.46. The summed E-state index contributed by atoms with van der Waals surface area (Å²) in [6.07, 6.45) is -2.50. The molecule has 5 heteroatoms. The highest BCUT2D eigenvalue weighted by molar-refractivity contribution is 5.64. The highest BCUT2D eigenvalue weighted by Crippen LogP contribution is 2.21. The molecule has 2 nitrogen and oxygen atoms in total. The maximum atomic E-state index is 12.1. The molecule has 0 saturated heterocycles. The van der Waals surface area contributed by atoms with Crippen molar-refractivity contribution in [2.45, 2.75) is 19.7 Å². The number of pyridine rings is 1. The summed E-state index contributed by atoms with van der Waals surface area (Å²) in [5.41, 5.74) is 4.83. The van der Waals surface area contributed by atoms with Gasteiger partial charge >= 0.3 is 6.36 Å². The number of hydrogen-bond acceptors (Lipinski definition) is 2. The monoisotopic (exact) mass is 367 g/mol. The fraction of sp³-hybridized carbons (Fsp3) is 0.136. The molecule has 0 spiro atoms. The van der Waals surface area contributed by atoms with Gasteiger partial charge in [-0.05, 0) is 41.3 Å². The first-order chi connectivity index (χ1) is 12.9. The Labute approximate surface area is 155 Å². The van der Waals surface area contributed by atoms with E-state index in [9.17, 15) is 13.2 Å². The van der Waals surface area contributed by atoms with Crippen LogP contribution in [0.3, 0.4) is 0 Å². The first kappa shape index (κ1) is 18.5. The van der Waals surface area contributed by atoms with Crippen molar-refractivity contribution in [3.05, 3.63) is 83.6 Å². The first-order valence-corrected chi connectivity index (χ1v) is 8.36. The fourth-order valence-corrected chi connectivity index (χ4v) is 2.46. The van der Waals surface area contributed by atoms with Crippen LogP contribution in [0.4, 0.5) is 13.2 Å². The molecule has 0 aliphatic heterocycles. The Morgan fingerprint density at radius 2 is 1.37 bits per heavy atom. The summed E-state index contributed by atoms with van der Waals surface area (Å²) in [7, 11) is 0. The van der Waals surface area contributed by atoms with E-state index in [0.717, 1.165) is 29.2 Å². The lowest BCUT2D eigenvalue weighted by Crippen LogP contribution is -2.17. The van der Waals surface area contributed by atoms with Crippen molar-refractivity contribution in [2.24, 2.45) is 0 Å². The molecular weight excluding hydrogens is 351 g/mol. The largest absolute Gasteiger partial charge is 0.574 e. The second-order valence-electron chi connectivity index (χ2n) is 5.81. The summed E-state index contributed by atoms with van der Waals surface area (Å²) in [4.78, 5) is 3.60. The van der Waals surface area contributed by atoms with Crippen molar-refractivity contribution in [3.63, 3.8) is 0 Å². The molecule has 3 rings (SSSR count). The van der Waals surface area contributed by atoms with Crippen LogP contribution in [0.1, 0.15) is 23.6 Å². The van der Waals surface area contributed by atoms with Crippen molar-refractivity contribution < 1.29 is 17.9 Å². The predicted molar refractivity (Wildman–Crippen MR) is 98.2 cm³/mol. The van der Waals surface area contributed by atoms with E-state index >= 15 is 0 Å². The van der Waals surface area contributed by atoms with E-state index in [-0.39, 0.29) is 0 Å². The Hall–Kier alpha value is -3.26. The van der Waals surface area contributed by atoms with Crippen LogP contribution in [0.25, 0.3) is 11.1 Å². The van der Waals surface area contributed by atoms with Crippen molar-refractivity contribution in [1.29, 1.82) is 0 Å². The van der Waals surface area contributed by atoms with Crippen LogP contribution in [0.5, 0.6) is 5.88 Å². The van der Waals surface area contributed by atoms with E-state index in [4.69, 9.17) is 0 Å². The van der Waals surface area contributed by atoms with Gasteiger partial charge in [-0.3, -0.25) is 0 Å². The molecule has 0 radical (unpaired) electrons. The van der Waals surface area contributed by atoms with Crippen LogP contribution in [0, 0.1) is 11.8 Å². The molecular formula is C22H16F3NO. The zero-order chi connectivity index (χ0) is 19.3. The average molecular weight is 367 g/mol. The lowest BCUT2D eigenvalue weighted by atomic mass is 10.0. The molecule has 0 fully saturated rings. The summed E-state index contributed by atoms with van der Waals surface area (Å²) in [5.74, 6) is 5.34. The first-order valence-electron chi connectivity index (χ1n) is 8.36. The van der Waals surface area contributed by atoms with Gasteiger partial charge in [0.15, 0.2) is 0 Å². The lowest BCUT2D eigenvalue weighted by Gasteiger charge is -2.06. The molecule has 2 aromatic carbocycles. The number of aryl methyl sites for hydroxylation is 1. The Morgan fingerprint density at radius 3 is 1.89 bits per heavy atom. The molecule has 0 aliphatic rings. The number of halogens is 3. The predicted octanol–water partition coefficient (Wildman–Crippen LogP) is 5.61. The Balaban J connectivity index is 1.70. The third-order valence-electron chi connectivity index (χ3n) is 3.89. The van der Waals surface area contributed by atoms with Gasteiger partial charge in [0.05, 0.1) is 0 Å². The van der Waals surface area contributed by atoms with Crippen molar-refractivity contribution >= 4 is 0 Å². The van der Waals surface area contributed by atoms with Crippen molar-refractivity contribution in [3.8, 4) is 28.8 Å². The number of benzene rings is 2. The van der Waals surface area contributed by atoms with Gasteiger partial charge in [0, 0.05) is 23.4 Å². The van der Waals surface area contributed by atoms with Gasteiger partial charge in [-0.15, -0.1) is 13.2 Å². The Bertz CT molecular complexity index is 948. The van der Waals surface area contributed by atoms with E-state index in [0.29, 0.717) is 5.56 Å². The van der Waals surface area contributed by atoms with Gasteiger partial charge in [-0.1, -0.05) is 55.2 Å². The molecule has 136 valence electrons. The molecule has 0 bridgehead atoms. The van der Waals surface area contributed by atoms with Crippen LogP contribution in [0.2, 0.25) is 0 Å². The SMILES string of the molecule is CCc1ccc(-c2ccc(C#Cc3ccc(OC(F)(F)F)nc3)cc2)cc1. The molecule has 1 aromatic heterocycles. The lowest BCUT2D eigenvalue weighted by molar-refractivity contribution is -0.276.